The van der Waals surface area contributed by atoms with Crippen molar-refractivity contribution in [2.75, 3.05) is 11.9 Å². The van der Waals surface area contributed by atoms with Crippen LogP contribution in [-0.4, -0.2) is 48.0 Å². The number of benzene rings is 1. The summed E-state index contributed by atoms with van der Waals surface area (Å²) in [6.45, 7) is -0.289. The van der Waals surface area contributed by atoms with Crippen LogP contribution in [0.25, 0.3) is 22.9 Å². The van der Waals surface area contributed by atoms with Crippen molar-refractivity contribution in [3.8, 4) is 22.9 Å². The quantitative estimate of drug-likeness (QED) is 0.405. The largest absolute Gasteiger partial charge is 0.392 e. The molecule has 0 saturated heterocycles. The van der Waals surface area contributed by atoms with Crippen LogP contribution in [0.15, 0.2) is 59.4 Å². The Bertz CT molecular complexity index is 1100. The summed E-state index contributed by atoms with van der Waals surface area (Å²) in [7, 11) is 0. The van der Waals surface area contributed by atoms with Crippen LogP contribution in [0.5, 0.6) is 0 Å². The van der Waals surface area contributed by atoms with Gasteiger partial charge in [0.25, 0.3) is 0 Å². The second-order valence-electron chi connectivity index (χ2n) is 6.16. The lowest BCUT2D eigenvalue weighted by atomic mass is 10.2. The lowest BCUT2D eigenvalue weighted by Gasteiger charge is -2.10. The minimum Gasteiger partial charge on any atom is -0.392 e. The van der Waals surface area contributed by atoms with Gasteiger partial charge in [0.2, 0.25) is 0 Å². The SMILES string of the molecule is OCC(O)Nc1ccnc(-c2cc(-c3ccon3)n(Cc3ccccc3F)n2)n1. The second kappa shape index (κ2) is 8.17. The molecule has 0 aliphatic carbocycles. The predicted molar refractivity (Wildman–Crippen MR) is 101 cm³/mol. The van der Waals surface area contributed by atoms with Crippen LogP contribution >= 0.6 is 0 Å². The minimum atomic E-state index is -1.15. The van der Waals surface area contributed by atoms with Crippen LogP contribution in [0.3, 0.4) is 0 Å². The van der Waals surface area contributed by atoms with Crippen molar-refractivity contribution in [3.05, 3.63) is 66.3 Å². The van der Waals surface area contributed by atoms with Crippen LogP contribution in [-0.2, 0) is 6.54 Å². The van der Waals surface area contributed by atoms with E-state index in [9.17, 15) is 9.50 Å². The highest BCUT2D eigenvalue weighted by Gasteiger charge is 2.17. The number of aromatic nitrogens is 5. The molecule has 0 radical (unpaired) electrons. The molecule has 3 heterocycles. The maximum Gasteiger partial charge on any atom is 0.182 e. The molecule has 1 atom stereocenters. The summed E-state index contributed by atoms with van der Waals surface area (Å²) in [4.78, 5) is 8.52. The molecule has 4 aromatic rings. The Hall–Kier alpha value is -3.63. The lowest BCUT2D eigenvalue weighted by molar-refractivity contribution is 0.116. The Kier molecular flexibility index (Phi) is 5.27. The number of rotatable bonds is 7. The molecule has 0 bridgehead atoms. The smallest absolute Gasteiger partial charge is 0.182 e. The van der Waals surface area contributed by atoms with E-state index in [-0.39, 0.29) is 18.2 Å². The molecular weight excluding hydrogens is 379 g/mol. The van der Waals surface area contributed by atoms with Gasteiger partial charge in [0.05, 0.1) is 18.8 Å². The van der Waals surface area contributed by atoms with Gasteiger partial charge in [0.15, 0.2) is 5.82 Å². The monoisotopic (exact) mass is 396 g/mol. The molecule has 0 spiro atoms. The summed E-state index contributed by atoms with van der Waals surface area (Å²) in [5.74, 6) is 0.274. The van der Waals surface area contributed by atoms with E-state index < -0.39 is 12.8 Å². The van der Waals surface area contributed by atoms with E-state index in [0.29, 0.717) is 28.5 Å². The first-order valence-corrected chi connectivity index (χ1v) is 8.75. The topological polar surface area (TPSA) is 122 Å². The average Bonchev–Trinajstić information content (AvgIpc) is 3.40. The van der Waals surface area contributed by atoms with E-state index in [2.05, 4.69) is 25.5 Å². The van der Waals surface area contributed by atoms with E-state index in [0.717, 1.165) is 0 Å². The fraction of sp³-hybridized carbons (Fsp3) is 0.158. The van der Waals surface area contributed by atoms with Gasteiger partial charge >= 0.3 is 0 Å². The van der Waals surface area contributed by atoms with Gasteiger partial charge in [-0.3, -0.25) is 4.68 Å². The minimum absolute atomic E-state index is 0.177. The summed E-state index contributed by atoms with van der Waals surface area (Å²) in [6, 6.07) is 11.4. The molecule has 10 heteroatoms. The zero-order valence-electron chi connectivity index (χ0n) is 15.1. The van der Waals surface area contributed by atoms with E-state index in [1.807, 2.05) is 0 Å². The molecule has 0 saturated carbocycles. The fourth-order valence-electron chi connectivity index (χ4n) is 2.76. The molecule has 0 amide bonds. The number of aliphatic hydroxyl groups excluding tert-OH is 2. The first-order valence-electron chi connectivity index (χ1n) is 8.75. The Morgan fingerprint density at radius 2 is 2.03 bits per heavy atom. The Balaban J connectivity index is 1.72. The number of nitrogens with zero attached hydrogens (tertiary/aromatic N) is 5. The molecule has 3 N–H and O–H groups in total. The summed E-state index contributed by atoms with van der Waals surface area (Å²) >= 11 is 0. The van der Waals surface area contributed by atoms with Crippen molar-refractivity contribution in [2.45, 2.75) is 12.8 Å². The number of hydrogen-bond acceptors (Lipinski definition) is 8. The van der Waals surface area contributed by atoms with Crippen molar-refractivity contribution in [2.24, 2.45) is 0 Å². The zero-order chi connectivity index (χ0) is 20.2. The van der Waals surface area contributed by atoms with E-state index >= 15 is 0 Å². The van der Waals surface area contributed by atoms with E-state index in [4.69, 9.17) is 9.63 Å². The lowest BCUT2D eigenvalue weighted by Crippen LogP contribution is -2.23. The first-order chi connectivity index (χ1) is 14.1. The maximum absolute atomic E-state index is 14.1. The van der Waals surface area contributed by atoms with Crippen LogP contribution in [0.4, 0.5) is 10.2 Å². The molecular formula is C19H17FN6O3. The number of halogens is 1. The zero-order valence-corrected chi connectivity index (χ0v) is 15.1. The molecule has 1 aromatic carbocycles. The van der Waals surface area contributed by atoms with Gasteiger partial charge in [-0.2, -0.15) is 5.10 Å². The highest BCUT2D eigenvalue weighted by Crippen LogP contribution is 2.25. The standard InChI is InChI=1S/C19H17FN6O3/c20-13-4-2-1-3-12(13)10-26-16(14-6-8-29-25-14)9-15(24-26)19-21-7-5-17(23-19)22-18(28)11-27/h1-9,18,27-28H,10-11H2,(H,21,22,23). The Labute approximate surface area is 164 Å². The first kappa shape index (κ1) is 18.7. The summed E-state index contributed by atoms with van der Waals surface area (Å²) in [5, 5.41) is 29.6. The van der Waals surface area contributed by atoms with Crippen molar-refractivity contribution < 1.29 is 19.1 Å². The molecule has 4 rings (SSSR count). The Morgan fingerprint density at radius 1 is 1.17 bits per heavy atom. The van der Waals surface area contributed by atoms with Gasteiger partial charge in [0.1, 0.15) is 35.5 Å². The van der Waals surface area contributed by atoms with E-state index in [1.165, 1.54) is 18.5 Å². The molecule has 3 aromatic heterocycles. The van der Waals surface area contributed by atoms with Gasteiger partial charge < -0.3 is 20.1 Å². The van der Waals surface area contributed by atoms with Gasteiger partial charge in [-0.05, 0) is 18.2 Å². The van der Waals surface area contributed by atoms with Crippen LogP contribution in [0.2, 0.25) is 0 Å². The normalized spacial score (nSPS) is 12.1. The molecule has 9 nitrogen and oxygen atoms in total. The molecule has 148 valence electrons. The molecule has 29 heavy (non-hydrogen) atoms. The van der Waals surface area contributed by atoms with Crippen LogP contribution in [0, 0.1) is 5.82 Å². The molecule has 0 aliphatic heterocycles. The number of hydrogen-bond donors (Lipinski definition) is 3. The molecule has 1 unspecified atom stereocenters. The van der Waals surface area contributed by atoms with Gasteiger partial charge in [-0.1, -0.05) is 23.4 Å². The molecule has 0 aliphatic rings. The fourth-order valence-corrected chi connectivity index (χ4v) is 2.76. The van der Waals surface area contributed by atoms with Crippen molar-refractivity contribution >= 4 is 5.82 Å². The highest BCUT2D eigenvalue weighted by atomic mass is 19.1. The highest BCUT2D eigenvalue weighted by molar-refractivity contribution is 5.63. The second-order valence-corrected chi connectivity index (χ2v) is 6.16. The molecule has 0 fully saturated rings. The third kappa shape index (κ3) is 4.13. The number of anilines is 1. The average molecular weight is 396 g/mol. The van der Waals surface area contributed by atoms with Crippen molar-refractivity contribution in [3.63, 3.8) is 0 Å². The third-order valence-corrected chi connectivity index (χ3v) is 4.13. The number of aliphatic hydroxyl groups is 2. The Morgan fingerprint density at radius 3 is 2.79 bits per heavy atom. The summed E-state index contributed by atoms with van der Waals surface area (Å²) < 4.78 is 20.7. The van der Waals surface area contributed by atoms with Gasteiger partial charge in [0, 0.05) is 17.8 Å². The van der Waals surface area contributed by atoms with Crippen molar-refractivity contribution in [1.82, 2.24) is 24.9 Å². The summed E-state index contributed by atoms with van der Waals surface area (Å²) in [5.41, 5.74) is 2.04. The van der Waals surface area contributed by atoms with Crippen molar-refractivity contribution in [1.29, 1.82) is 0 Å². The third-order valence-electron chi connectivity index (χ3n) is 4.13. The van der Waals surface area contributed by atoms with Gasteiger partial charge in [-0.15, -0.1) is 0 Å². The summed E-state index contributed by atoms with van der Waals surface area (Å²) in [6.07, 6.45) is 1.79. The number of nitrogens with one attached hydrogen (secondary N) is 1. The van der Waals surface area contributed by atoms with Crippen LogP contribution in [0.1, 0.15) is 5.56 Å². The van der Waals surface area contributed by atoms with E-state index in [1.54, 1.807) is 41.1 Å². The van der Waals surface area contributed by atoms with Gasteiger partial charge in [-0.25, -0.2) is 14.4 Å². The maximum atomic E-state index is 14.1. The predicted octanol–water partition coefficient (Wildman–Crippen LogP) is 1.91. The van der Waals surface area contributed by atoms with Crippen LogP contribution < -0.4 is 5.32 Å².